The maximum atomic E-state index is 5.97. The van der Waals surface area contributed by atoms with Crippen LogP contribution in [0, 0.1) is 6.92 Å². The van der Waals surface area contributed by atoms with Crippen molar-refractivity contribution in [1.82, 2.24) is 20.2 Å². The van der Waals surface area contributed by atoms with E-state index in [4.69, 9.17) is 4.74 Å². The number of hydrogen-bond acceptors (Lipinski definition) is 3. The summed E-state index contributed by atoms with van der Waals surface area (Å²) in [6, 6.07) is 16.3. The van der Waals surface area contributed by atoms with Crippen molar-refractivity contribution in [3.8, 4) is 11.4 Å². The van der Waals surface area contributed by atoms with E-state index in [0.29, 0.717) is 13.1 Å². The number of para-hydroxylation sites is 1. The molecule has 0 fully saturated rings. The minimum Gasteiger partial charge on any atom is -0.489 e. The van der Waals surface area contributed by atoms with Gasteiger partial charge >= 0.3 is 0 Å². The lowest BCUT2D eigenvalue weighted by Crippen LogP contribution is -2.41. The summed E-state index contributed by atoms with van der Waals surface area (Å²) in [4.78, 5) is 8.44. The van der Waals surface area contributed by atoms with Crippen LogP contribution >= 0.6 is 0 Å². The second kappa shape index (κ2) is 9.60. The van der Waals surface area contributed by atoms with Gasteiger partial charge in [-0.15, -0.1) is 0 Å². The summed E-state index contributed by atoms with van der Waals surface area (Å²) in [6.45, 7) is 5.40. The van der Waals surface area contributed by atoms with Gasteiger partial charge in [0.2, 0.25) is 0 Å². The van der Waals surface area contributed by atoms with E-state index in [9.17, 15) is 0 Å². The number of nitrogens with one attached hydrogen (secondary N) is 2. The molecule has 0 aliphatic rings. The first-order valence-corrected chi connectivity index (χ1v) is 9.40. The first kappa shape index (κ1) is 19.5. The number of aryl methyl sites for hydroxylation is 1. The summed E-state index contributed by atoms with van der Waals surface area (Å²) in [5.41, 5.74) is 3.44. The average molecular weight is 377 g/mol. The van der Waals surface area contributed by atoms with Gasteiger partial charge in [0, 0.05) is 26.0 Å². The molecule has 3 rings (SSSR count). The Kier molecular flexibility index (Phi) is 6.68. The molecule has 2 N–H and O–H groups in total. The fourth-order valence-corrected chi connectivity index (χ4v) is 2.92. The number of nitrogens with zero attached hydrogens (tertiary/aromatic N) is 3. The third-order valence-corrected chi connectivity index (χ3v) is 4.33. The molecule has 0 spiro atoms. The smallest absolute Gasteiger partial charge is 0.191 e. The summed E-state index contributed by atoms with van der Waals surface area (Å²) in [5.74, 6) is 1.62. The molecule has 1 atom stereocenters. The van der Waals surface area contributed by atoms with Gasteiger partial charge in [0.05, 0.1) is 18.6 Å². The highest BCUT2D eigenvalue weighted by molar-refractivity contribution is 5.79. The molecule has 28 heavy (non-hydrogen) atoms. The Balaban J connectivity index is 1.53. The molecule has 0 amide bonds. The molecule has 0 saturated carbocycles. The van der Waals surface area contributed by atoms with Crippen molar-refractivity contribution < 1.29 is 4.74 Å². The van der Waals surface area contributed by atoms with Gasteiger partial charge in [-0.25, -0.2) is 4.98 Å². The van der Waals surface area contributed by atoms with Crippen molar-refractivity contribution in [1.29, 1.82) is 0 Å². The van der Waals surface area contributed by atoms with Crippen LogP contribution in [0.15, 0.2) is 72.2 Å². The number of imidazole rings is 1. The number of aromatic nitrogens is 2. The van der Waals surface area contributed by atoms with Gasteiger partial charge < -0.3 is 19.9 Å². The molecule has 0 aliphatic heterocycles. The molecule has 6 heteroatoms. The molecule has 3 aromatic rings. The monoisotopic (exact) mass is 377 g/mol. The summed E-state index contributed by atoms with van der Waals surface area (Å²) >= 11 is 0. The van der Waals surface area contributed by atoms with E-state index in [1.807, 2.05) is 48.0 Å². The zero-order valence-corrected chi connectivity index (χ0v) is 16.6. The summed E-state index contributed by atoms with van der Waals surface area (Å²) < 4.78 is 7.97. The van der Waals surface area contributed by atoms with Gasteiger partial charge in [0.1, 0.15) is 11.9 Å². The summed E-state index contributed by atoms with van der Waals surface area (Å²) in [5, 5.41) is 6.69. The molecule has 1 heterocycles. The van der Waals surface area contributed by atoms with E-state index >= 15 is 0 Å². The Labute approximate surface area is 166 Å². The fraction of sp³-hybridized carbons (Fsp3) is 0.273. The zero-order valence-electron chi connectivity index (χ0n) is 16.6. The second-order valence-electron chi connectivity index (χ2n) is 6.65. The van der Waals surface area contributed by atoms with Crippen molar-refractivity contribution in [2.24, 2.45) is 4.99 Å². The van der Waals surface area contributed by atoms with Crippen molar-refractivity contribution >= 4 is 5.96 Å². The molecular formula is C22H27N5O. The molecule has 1 aromatic heterocycles. The van der Waals surface area contributed by atoms with Crippen LogP contribution < -0.4 is 15.4 Å². The highest BCUT2D eigenvalue weighted by Gasteiger charge is 2.08. The van der Waals surface area contributed by atoms with Crippen molar-refractivity contribution in [2.75, 3.05) is 13.6 Å². The number of rotatable bonds is 7. The van der Waals surface area contributed by atoms with Gasteiger partial charge in [0.15, 0.2) is 5.96 Å². The van der Waals surface area contributed by atoms with E-state index in [-0.39, 0.29) is 6.10 Å². The lowest BCUT2D eigenvalue weighted by Gasteiger charge is -2.18. The molecule has 0 saturated heterocycles. The van der Waals surface area contributed by atoms with Crippen LogP contribution in [0.5, 0.6) is 5.75 Å². The van der Waals surface area contributed by atoms with Gasteiger partial charge in [-0.05, 0) is 43.2 Å². The van der Waals surface area contributed by atoms with Gasteiger partial charge in [0.25, 0.3) is 0 Å². The molecule has 0 aliphatic carbocycles. The normalized spacial score (nSPS) is 12.5. The predicted molar refractivity (Wildman–Crippen MR) is 113 cm³/mol. The Morgan fingerprint density at radius 1 is 1.18 bits per heavy atom. The maximum Gasteiger partial charge on any atom is 0.191 e. The van der Waals surface area contributed by atoms with Crippen LogP contribution in [0.25, 0.3) is 5.69 Å². The van der Waals surface area contributed by atoms with E-state index in [1.54, 1.807) is 19.6 Å². The molecule has 146 valence electrons. The van der Waals surface area contributed by atoms with Crippen LogP contribution in [0.3, 0.4) is 0 Å². The van der Waals surface area contributed by atoms with E-state index in [2.05, 4.69) is 45.7 Å². The van der Waals surface area contributed by atoms with Crippen molar-refractivity contribution in [2.45, 2.75) is 26.5 Å². The Bertz CT molecular complexity index is 905. The first-order valence-electron chi connectivity index (χ1n) is 9.40. The third-order valence-electron chi connectivity index (χ3n) is 4.33. The lowest BCUT2D eigenvalue weighted by atomic mass is 10.1. The van der Waals surface area contributed by atoms with Crippen LogP contribution in [-0.4, -0.2) is 35.2 Å². The Hall–Kier alpha value is -3.28. The minimum absolute atomic E-state index is 0.0126. The molecule has 0 radical (unpaired) electrons. The zero-order chi connectivity index (χ0) is 19.8. The number of hydrogen-bond donors (Lipinski definition) is 2. The van der Waals surface area contributed by atoms with Gasteiger partial charge in [-0.2, -0.15) is 0 Å². The number of guanidine groups is 1. The predicted octanol–water partition coefficient (Wildman–Crippen LogP) is 3.31. The third kappa shape index (κ3) is 5.36. The second-order valence-corrected chi connectivity index (χ2v) is 6.65. The van der Waals surface area contributed by atoms with Crippen molar-refractivity contribution in [3.05, 3.63) is 78.4 Å². The van der Waals surface area contributed by atoms with E-state index in [1.165, 1.54) is 5.56 Å². The van der Waals surface area contributed by atoms with Crippen LogP contribution in [0.1, 0.15) is 18.1 Å². The number of aliphatic imine (C=N–C) groups is 1. The van der Waals surface area contributed by atoms with E-state index in [0.717, 1.165) is 23.0 Å². The standard InChI is InChI=1S/C22H27N5O/c1-17-7-6-9-20(13-17)28-18(2)14-25-22(23-3)26-15-19-8-4-5-10-21(19)27-12-11-24-16-27/h4-13,16,18H,14-15H2,1-3H3,(H2,23,25,26). The lowest BCUT2D eigenvalue weighted by molar-refractivity contribution is 0.223. The largest absolute Gasteiger partial charge is 0.489 e. The quantitative estimate of drug-likeness (QED) is 0.490. The molecule has 6 nitrogen and oxygen atoms in total. The Morgan fingerprint density at radius 3 is 2.79 bits per heavy atom. The number of benzene rings is 2. The summed E-state index contributed by atoms with van der Waals surface area (Å²) in [6.07, 6.45) is 5.53. The van der Waals surface area contributed by atoms with Gasteiger partial charge in [-0.3, -0.25) is 4.99 Å². The van der Waals surface area contributed by atoms with Crippen LogP contribution in [0.2, 0.25) is 0 Å². The van der Waals surface area contributed by atoms with Crippen LogP contribution in [-0.2, 0) is 6.54 Å². The molecule has 2 aromatic carbocycles. The molecular weight excluding hydrogens is 350 g/mol. The average Bonchev–Trinajstić information content (AvgIpc) is 3.23. The topological polar surface area (TPSA) is 63.5 Å². The summed E-state index contributed by atoms with van der Waals surface area (Å²) in [7, 11) is 1.77. The van der Waals surface area contributed by atoms with E-state index < -0.39 is 0 Å². The Morgan fingerprint density at radius 2 is 2.04 bits per heavy atom. The molecule has 1 unspecified atom stereocenters. The van der Waals surface area contributed by atoms with Crippen molar-refractivity contribution in [3.63, 3.8) is 0 Å². The number of ether oxygens (including phenoxy) is 1. The maximum absolute atomic E-state index is 5.97. The minimum atomic E-state index is 0.0126. The highest BCUT2D eigenvalue weighted by Crippen LogP contribution is 2.15. The molecule has 0 bridgehead atoms. The fourth-order valence-electron chi connectivity index (χ4n) is 2.92. The van der Waals surface area contributed by atoms with Gasteiger partial charge in [-0.1, -0.05) is 30.3 Å². The van der Waals surface area contributed by atoms with Crippen LogP contribution in [0.4, 0.5) is 0 Å². The highest BCUT2D eigenvalue weighted by atomic mass is 16.5. The first-order chi connectivity index (χ1) is 13.7. The SMILES string of the molecule is CN=C(NCc1ccccc1-n1ccnc1)NCC(C)Oc1cccc(C)c1.